The third-order valence-corrected chi connectivity index (χ3v) is 5.76. The fraction of sp³-hybridized carbons (Fsp3) is 0.160. The van der Waals surface area contributed by atoms with Crippen LogP contribution in [-0.4, -0.2) is 26.3 Å². The highest BCUT2D eigenvalue weighted by Crippen LogP contribution is 2.39. The van der Waals surface area contributed by atoms with Gasteiger partial charge in [-0.1, -0.05) is 42.5 Å². The summed E-state index contributed by atoms with van der Waals surface area (Å²) in [7, 11) is 0. The van der Waals surface area contributed by atoms with Gasteiger partial charge >= 0.3 is 0 Å². The molecule has 30 heavy (non-hydrogen) atoms. The van der Waals surface area contributed by atoms with Crippen LogP contribution in [0, 0.1) is 0 Å². The third kappa shape index (κ3) is 2.63. The van der Waals surface area contributed by atoms with Gasteiger partial charge in [0.2, 0.25) is 0 Å². The van der Waals surface area contributed by atoms with Crippen LogP contribution in [0.2, 0.25) is 0 Å². The van der Waals surface area contributed by atoms with Gasteiger partial charge in [0.05, 0.1) is 18.6 Å². The van der Waals surface area contributed by atoms with E-state index in [1.807, 2.05) is 48.5 Å². The molecule has 0 bridgehead atoms. The molecule has 1 fully saturated rings. The molecule has 0 atom stereocenters. The van der Waals surface area contributed by atoms with Gasteiger partial charge < -0.3 is 18.5 Å². The van der Waals surface area contributed by atoms with E-state index in [0.29, 0.717) is 43.2 Å². The van der Waals surface area contributed by atoms with Crippen LogP contribution < -0.4 is 10.3 Å². The van der Waals surface area contributed by atoms with Gasteiger partial charge in [0, 0.05) is 35.5 Å². The normalized spacial score (nSPS) is 14.7. The molecule has 0 amide bonds. The van der Waals surface area contributed by atoms with Gasteiger partial charge in [-0.3, -0.25) is 4.79 Å². The van der Waals surface area contributed by atoms with E-state index in [-0.39, 0.29) is 5.43 Å². The molecule has 0 unspecified atom stereocenters. The number of hydrogen-bond donors (Lipinski definition) is 0. The van der Waals surface area contributed by atoms with Crippen molar-refractivity contribution in [1.82, 2.24) is 0 Å². The van der Waals surface area contributed by atoms with Crippen molar-refractivity contribution in [3.8, 4) is 11.1 Å². The summed E-state index contributed by atoms with van der Waals surface area (Å²) in [5, 5.41) is 2.65. The number of morpholine rings is 1. The molecule has 1 aliphatic rings. The largest absolute Gasteiger partial charge is 0.456 e. The average molecular weight is 397 g/mol. The van der Waals surface area contributed by atoms with Gasteiger partial charge in [-0.15, -0.1) is 0 Å². The zero-order chi connectivity index (χ0) is 20.1. The Morgan fingerprint density at radius 3 is 2.37 bits per heavy atom. The zero-order valence-corrected chi connectivity index (χ0v) is 16.3. The second-order valence-electron chi connectivity index (χ2n) is 7.51. The minimum atomic E-state index is -0.0381. The minimum absolute atomic E-state index is 0.0381. The van der Waals surface area contributed by atoms with Crippen LogP contribution in [0.1, 0.15) is 0 Å². The number of hydrogen-bond acceptors (Lipinski definition) is 5. The van der Waals surface area contributed by atoms with E-state index in [2.05, 4.69) is 17.0 Å². The lowest BCUT2D eigenvalue weighted by Gasteiger charge is -2.27. The topological polar surface area (TPSA) is 55.8 Å². The molecule has 5 aromatic rings. The van der Waals surface area contributed by atoms with Gasteiger partial charge in [-0.2, -0.15) is 0 Å². The minimum Gasteiger partial charge on any atom is -0.456 e. The molecule has 3 heterocycles. The van der Waals surface area contributed by atoms with Gasteiger partial charge in [0.1, 0.15) is 16.7 Å². The monoisotopic (exact) mass is 397 g/mol. The summed E-state index contributed by atoms with van der Waals surface area (Å²) in [4.78, 5) is 15.0. The van der Waals surface area contributed by atoms with E-state index in [9.17, 15) is 4.79 Å². The summed E-state index contributed by atoms with van der Waals surface area (Å²) in [6.45, 7) is 2.67. The van der Waals surface area contributed by atoms with E-state index in [4.69, 9.17) is 13.6 Å². The molecule has 5 heteroatoms. The molecule has 0 N–H and O–H groups in total. The Kier molecular flexibility index (Phi) is 3.89. The Morgan fingerprint density at radius 1 is 0.733 bits per heavy atom. The molecule has 1 aliphatic heterocycles. The number of nitrogens with zero attached hydrogens (tertiary/aromatic N) is 1. The fourth-order valence-corrected chi connectivity index (χ4v) is 4.32. The highest BCUT2D eigenvalue weighted by atomic mass is 16.5. The predicted octanol–water partition coefficient (Wildman–Crippen LogP) is 5.20. The van der Waals surface area contributed by atoms with Crippen LogP contribution in [0.25, 0.3) is 44.0 Å². The van der Waals surface area contributed by atoms with E-state index in [1.54, 1.807) is 6.07 Å². The molecule has 3 aromatic carbocycles. The summed E-state index contributed by atoms with van der Waals surface area (Å²) in [6.07, 6.45) is 0. The second-order valence-corrected chi connectivity index (χ2v) is 7.51. The first-order valence-corrected chi connectivity index (χ1v) is 10.1. The second kappa shape index (κ2) is 6.75. The predicted molar refractivity (Wildman–Crippen MR) is 118 cm³/mol. The fourth-order valence-electron chi connectivity index (χ4n) is 4.32. The highest BCUT2D eigenvalue weighted by molar-refractivity contribution is 6.14. The van der Waals surface area contributed by atoms with Crippen molar-refractivity contribution in [3.63, 3.8) is 0 Å². The number of furan rings is 1. The Bertz CT molecular complexity index is 1460. The van der Waals surface area contributed by atoms with Crippen LogP contribution in [0.5, 0.6) is 0 Å². The van der Waals surface area contributed by atoms with Crippen molar-refractivity contribution < 1.29 is 13.6 Å². The first-order chi connectivity index (χ1) is 14.8. The summed E-state index contributed by atoms with van der Waals surface area (Å²) in [5.74, 6) is 0.590. The lowest BCUT2D eigenvalue weighted by Crippen LogP contribution is -2.36. The average Bonchev–Trinajstić information content (AvgIpc) is 3.18. The van der Waals surface area contributed by atoms with E-state index >= 15 is 0 Å². The van der Waals surface area contributed by atoms with Crippen molar-refractivity contribution in [1.29, 1.82) is 0 Å². The van der Waals surface area contributed by atoms with E-state index in [0.717, 1.165) is 33.1 Å². The first-order valence-electron chi connectivity index (χ1n) is 10.1. The Hall–Kier alpha value is -3.57. The third-order valence-electron chi connectivity index (χ3n) is 5.76. The summed E-state index contributed by atoms with van der Waals surface area (Å²) in [6, 6.07) is 21.3. The zero-order valence-electron chi connectivity index (χ0n) is 16.3. The summed E-state index contributed by atoms with van der Waals surface area (Å²) in [5.41, 5.74) is 4.10. The highest BCUT2D eigenvalue weighted by Gasteiger charge is 2.19. The molecule has 5 nitrogen and oxygen atoms in total. The van der Waals surface area contributed by atoms with E-state index < -0.39 is 0 Å². The molecular weight excluding hydrogens is 378 g/mol. The van der Waals surface area contributed by atoms with Crippen LogP contribution in [0.4, 0.5) is 5.88 Å². The first kappa shape index (κ1) is 17.3. The number of anilines is 1. The van der Waals surface area contributed by atoms with Crippen molar-refractivity contribution in [2.75, 3.05) is 31.2 Å². The molecule has 148 valence electrons. The van der Waals surface area contributed by atoms with Crippen molar-refractivity contribution in [2.24, 2.45) is 0 Å². The Morgan fingerprint density at radius 2 is 1.47 bits per heavy atom. The number of rotatable bonds is 2. The van der Waals surface area contributed by atoms with E-state index in [1.165, 1.54) is 0 Å². The van der Waals surface area contributed by atoms with Crippen LogP contribution in [0.15, 0.2) is 80.4 Å². The maximum atomic E-state index is 12.9. The summed E-state index contributed by atoms with van der Waals surface area (Å²) >= 11 is 0. The van der Waals surface area contributed by atoms with Crippen molar-refractivity contribution in [2.45, 2.75) is 0 Å². The van der Waals surface area contributed by atoms with Crippen LogP contribution >= 0.6 is 0 Å². The molecule has 0 spiro atoms. The maximum absolute atomic E-state index is 12.9. The number of para-hydroxylation sites is 2. The molecule has 2 aromatic heterocycles. The van der Waals surface area contributed by atoms with Crippen LogP contribution in [0.3, 0.4) is 0 Å². The number of ether oxygens (including phenoxy) is 1. The van der Waals surface area contributed by atoms with Gasteiger partial charge in [-0.25, -0.2) is 0 Å². The number of benzene rings is 3. The molecular formula is C25H19NO4. The Balaban J connectivity index is 1.65. The van der Waals surface area contributed by atoms with Gasteiger partial charge in [0.15, 0.2) is 11.3 Å². The Labute approximate surface area is 172 Å². The molecule has 0 saturated carbocycles. The van der Waals surface area contributed by atoms with Crippen LogP contribution in [-0.2, 0) is 4.74 Å². The SMILES string of the molecule is O=c1cc(N2CCOCC2)oc2c(-c3cccc4oc5ccccc5c34)cccc12. The van der Waals surface area contributed by atoms with Gasteiger partial charge in [0.25, 0.3) is 0 Å². The van der Waals surface area contributed by atoms with Crippen molar-refractivity contribution >= 4 is 38.8 Å². The maximum Gasteiger partial charge on any atom is 0.200 e. The standard InChI is InChI=1S/C25H19NO4/c27-20-15-23(26-11-13-28-14-12-26)30-25-17(7-3-8-18(20)25)16-6-4-10-22-24(16)19-5-1-2-9-21(19)29-22/h1-10,15H,11-14H2. The molecule has 6 rings (SSSR count). The molecule has 1 saturated heterocycles. The quantitative estimate of drug-likeness (QED) is 0.410. The summed E-state index contributed by atoms with van der Waals surface area (Å²) < 4.78 is 17.8. The number of fused-ring (bicyclic) bond motifs is 4. The lowest BCUT2D eigenvalue weighted by molar-refractivity contribution is 0.121. The molecule has 0 aliphatic carbocycles. The molecule has 0 radical (unpaired) electrons. The van der Waals surface area contributed by atoms with Crippen molar-refractivity contribution in [3.05, 3.63) is 77.0 Å². The smallest absolute Gasteiger partial charge is 0.200 e. The van der Waals surface area contributed by atoms with Gasteiger partial charge in [-0.05, 0) is 23.8 Å². The lowest BCUT2D eigenvalue weighted by atomic mass is 9.97.